The van der Waals surface area contributed by atoms with Crippen LogP contribution < -0.4 is 20.1 Å². The lowest BCUT2D eigenvalue weighted by Crippen LogP contribution is -2.46. The maximum atomic E-state index is 5.66. The Morgan fingerprint density at radius 1 is 1.15 bits per heavy atom. The van der Waals surface area contributed by atoms with Crippen LogP contribution >= 0.6 is 24.0 Å². The number of morpholine rings is 1. The molecule has 1 unspecified atom stereocenters. The number of aliphatic imine (C=N–C) groups is 1. The highest BCUT2D eigenvalue weighted by Gasteiger charge is 2.24. The molecule has 1 atom stereocenters. The average molecular weight is 573 g/mol. The van der Waals surface area contributed by atoms with E-state index < -0.39 is 0 Å². The molecule has 2 heterocycles. The molecule has 2 aromatic rings. The molecule has 1 aromatic heterocycles. The minimum atomic E-state index is 0. The molecule has 184 valence electrons. The van der Waals surface area contributed by atoms with Crippen molar-refractivity contribution < 1.29 is 18.6 Å². The zero-order chi connectivity index (χ0) is 22.9. The summed E-state index contributed by atoms with van der Waals surface area (Å²) in [5.41, 5.74) is 2.04. The Balaban J connectivity index is 0.00000385. The summed E-state index contributed by atoms with van der Waals surface area (Å²) in [7, 11) is 3.31. The van der Waals surface area contributed by atoms with Gasteiger partial charge in [0.05, 0.1) is 39.2 Å². The number of benzene rings is 1. The minimum Gasteiger partial charge on any atom is -0.493 e. The lowest BCUT2D eigenvalue weighted by atomic mass is 10.0. The molecule has 9 nitrogen and oxygen atoms in total. The first-order chi connectivity index (χ1) is 15.5. The van der Waals surface area contributed by atoms with Crippen molar-refractivity contribution in [3.05, 3.63) is 41.1 Å². The largest absolute Gasteiger partial charge is 0.493 e. The van der Waals surface area contributed by atoms with Gasteiger partial charge in [0, 0.05) is 26.2 Å². The van der Waals surface area contributed by atoms with Crippen LogP contribution in [0.2, 0.25) is 0 Å². The normalized spacial score (nSPS) is 15.5. The van der Waals surface area contributed by atoms with Crippen molar-refractivity contribution in [1.82, 2.24) is 20.5 Å². The number of oxazole rings is 1. The fourth-order valence-corrected chi connectivity index (χ4v) is 3.70. The van der Waals surface area contributed by atoms with Crippen LogP contribution in [-0.2, 0) is 11.3 Å². The van der Waals surface area contributed by atoms with Crippen molar-refractivity contribution in [3.8, 4) is 11.5 Å². The number of nitrogens with one attached hydrogen (secondary N) is 2. The van der Waals surface area contributed by atoms with E-state index in [4.69, 9.17) is 18.6 Å². The second-order valence-corrected chi connectivity index (χ2v) is 7.60. The maximum absolute atomic E-state index is 5.66. The predicted octanol–water partition coefficient (Wildman–Crippen LogP) is 3.06. The quantitative estimate of drug-likeness (QED) is 0.269. The molecule has 0 aliphatic carbocycles. The van der Waals surface area contributed by atoms with Gasteiger partial charge in [-0.15, -0.1) is 24.0 Å². The van der Waals surface area contributed by atoms with Crippen LogP contribution in [0.1, 0.15) is 35.9 Å². The number of hydrogen-bond acceptors (Lipinski definition) is 7. The topological polar surface area (TPSA) is 93.4 Å². The molecule has 1 saturated heterocycles. The van der Waals surface area contributed by atoms with Crippen molar-refractivity contribution in [2.75, 3.05) is 53.6 Å². The Hall–Kier alpha value is -2.05. The van der Waals surface area contributed by atoms with Crippen molar-refractivity contribution >= 4 is 29.9 Å². The highest BCUT2D eigenvalue weighted by Crippen LogP contribution is 2.32. The summed E-state index contributed by atoms with van der Waals surface area (Å²) in [6, 6.07) is 6.21. The minimum absolute atomic E-state index is 0. The van der Waals surface area contributed by atoms with E-state index in [1.165, 1.54) is 0 Å². The zero-order valence-electron chi connectivity index (χ0n) is 20.1. The Morgan fingerprint density at radius 3 is 2.48 bits per heavy atom. The first-order valence-corrected chi connectivity index (χ1v) is 11.0. The van der Waals surface area contributed by atoms with Gasteiger partial charge in [-0.05, 0) is 38.5 Å². The molecular formula is C23H36IN5O4. The van der Waals surface area contributed by atoms with Gasteiger partial charge in [-0.1, -0.05) is 6.07 Å². The van der Waals surface area contributed by atoms with Gasteiger partial charge in [0.1, 0.15) is 12.3 Å². The van der Waals surface area contributed by atoms with E-state index >= 15 is 0 Å². The third-order valence-corrected chi connectivity index (χ3v) is 5.53. The van der Waals surface area contributed by atoms with E-state index in [0.29, 0.717) is 19.0 Å². The highest BCUT2D eigenvalue weighted by molar-refractivity contribution is 14.0. The number of hydrogen-bond donors (Lipinski definition) is 2. The van der Waals surface area contributed by atoms with Crippen molar-refractivity contribution in [3.63, 3.8) is 0 Å². The summed E-state index contributed by atoms with van der Waals surface area (Å²) >= 11 is 0. The van der Waals surface area contributed by atoms with E-state index in [1.807, 2.05) is 32.9 Å². The third kappa shape index (κ3) is 7.47. The van der Waals surface area contributed by atoms with Crippen LogP contribution in [0, 0.1) is 13.8 Å². The van der Waals surface area contributed by atoms with Gasteiger partial charge in [0.25, 0.3) is 0 Å². The number of nitrogens with zero attached hydrogens (tertiary/aromatic N) is 3. The molecule has 1 aliphatic heterocycles. The molecule has 0 amide bonds. The van der Waals surface area contributed by atoms with Crippen LogP contribution in [0.15, 0.2) is 27.6 Å². The SMILES string of the molecule is CCNC(=NCc1nc(C)c(C)o1)NCC(c1ccc(OC)c(OC)c1)N1CCOCC1.I. The molecule has 33 heavy (non-hydrogen) atoms. The lowest BCUT2D eigenvalue weighted by Gasteiger charge is -2.35. The first-order valence-electron chi connectivity index (χ1n) is 11.0. The standard InChI is InChI=1S/C23H35N5O4.HI/c1-6-24-23(26-15-22-27-16(2)17(3)32-22)25-14-19(28-9-11-31-12-10-28)18-7-8-20(29-4)21(13-18)30-5;/h7-8,13,19H,6,9-12,14-15H2,1-5H3,(H2,24,25,26);1H. The molecule has 10 heteroatoms. The van der Waals surface area contributed by atoms with E-state index in [1.54, 1.807) is 14.2 Å². The predicted molar refractivity (Wildman–Crippen MR) is 139 cm³/mol. The van der Waals surface area contributed by atoms with E-state index in [0.717, 1.165) is 67.3 Å². The van der Waals surface area contributed by atoms with Crippen LogP contribution in [0.5, 0.6) is 11.5 Å². The molecule has 3 rings (SSSR count). The monoisotopic (exact) mass is 573 g/mol. The number of aryl methyl sites for hydroxylation is 2. The molecule has 0 bridgehead atoms. The number of guanidine groups is 1. The van der Waals surface area contributed by atoms with Crippen LogP contribution in [0.3, 0.4) is 0 Å². The summed E-state index contributed by atoms with van der Waals surface area (Å²) in [5.74, 6) is 3.60. The summed E-state index contributed by atoms with van der Waals surface area (Å²) in [4.78, 5) is 11.5. The molecule has 1 fully saturated rings. The number of halogens is 1. The van der Waals surface area contributed by atoms with Gasteiger partial charge in [-0.3, -0.25) is 4.90 Å². The Morgan fingerprint density at radius 2 is 1.88 bits per heavy atom. The Kier molecular flexibility index (Phi) is 11.2. The molecule has 0 saturated carbocycles. The molecule has 0 radical (unpaired) electrons. The number of ether oxygens (including phenoxy) is 3. The second-order valence-electron chi connectivity index (χ2n) is 7.60. The van der Waals surface area contributed by atoms with Gasteiger partial charge in [-0.25, -0.2) is 9.98 Å². The van der Waals surface area contributed by atoms with Gasteiger partial charge in [0.2, 0.25) is 5.89 Å². The van der Waals surface area contributed by atoms with Crippen molar-refractivity contribution in [2.24, 2.45) is 4.99 Å². The summed E-state index contributed by atoms with van der Waals surface area (Å²) in [6.45, 7) is 10.9. The zero-order valence-corrected chi connectivity index (χ0v) is 22.5. The fraction of sp³-hybridized carbons (Fsp3) is 0.565. The van der Waals surface area contributed by atoms with Crippen molar-refractivity contribution in [1.29, 1.82) is 0 Å². The second kappa shape index (κ2) is 13.6. The van der Waals surface area contributed by atoms with Gasteiger partial charge in [0.15, 0.2) is 17.5 Å². The molecule has 0 spiro atoms. The van der Waals surface area contributed by atoms with Crippen molar-refractivity contribution in [2.45, 2.75) is 33.4 Å². The van der Waals surface area contributed by atoms with Gasteiger partial charge >= 0.3 is 0 Å². The van der Waals surface area contributed by atoms with E-state index in [9.17, 15) is 0 Å². The van der Waals surface area contributed by atoms with Gasteiger partial charge in [-0.2, -0.15) is 0 Å². The summed E-state index contributed by atoms with van der Waals surface area (Å²) in [6.07, 6.45) is 0. The average Bonchev–Trinajstić information content (AvgIpc) is 3.15. The van der Waals surface area contributed by atoms with E-state index in [-0.39, 0.29) is 30.0 Å². The Labute approximate surface area is 213 Å². The molecular weight excluding hydrogens is 537 g/mol. The molecule has 1 aliphatic rings. The maximum Gasteiger partial charge on any atom is 0.216 e. The highest BCUT2D eigenvalue weighted by atomic mass is 127. The fourth-order valence-electron chi connectivity index (χ4n) is 3.70. The number of rotatable bonds is 9. The Bertz CT molecular complexity index is 879. The molecule has 1 aromatic carbocycles. The van der Waals surface area contributed by atoms with E-state index in [2.05, 4.69) is 31.6 Å². The summed E-state index contributed by atoms with van der Waals surface area (Å²) in [5, 5.41) is 6.80. The lowest BCUT2D eigenvalue weighted by molar-refractivity contribution is 0.0169. The van der Waals surface area contributed by atoms with Crippen LogP contribution in [0.4, 0.5) is 0 Å². The third-order valence-electron chi connectivity index (χ3n) is 5.53. The number of methoxy groups -OCH3 is 2. The molecule has 2 N–H and O–H groups in total. The number of aromatic nitrogens is 1. The summed E-state index contributed by atoms with van der Waals surface area (Å²) < 4.78 is 22.2. The first kappa shape index (κ1) is 27.2. The van der Waals surface area contributed by atoms with Gasteiger partial charge < -0.3 is 29.3 Å². The van der Waals surface area contributed by atoms with Crippen LogP contribution in [-0.4, -0.2) is 69.5 Å². The smallest absolute Gasteiger partial charge is 0.216 e. The van der Waals surface area contributed by atoms with Crippen LogP contribution in [0.25, 0.3) is 0 Å².